The van der Waals surface area contributed by atoms with Crippen LogP contribution in [-0.4, -0.2) is 23.9 Å². The third-order valence-electron chi connectivity index (χ3n) is 3.25. The molecule has 2 N–H and O–H groups in total. The highest BCUT2D eigenvalue weighted by molar-refractivity contribution is 7.99. The zero-order valence-corrected chi connectivity index (χ0v) is 11.7. The van der Waals surface area contributed by atoms with Crippen LogP contribution in [0.3, 0.4) is 0 Å². The molecule has 19 heavy (non-hydrogen) atoms. The van der Waals surface area contributed by atoms with Gasteiger partial charge in [-0.2, -0.15) is 0 Å². The number of thioether (sulfide) groups is 1. The molecule has 0 radical (unpaired) electrons. The predicted octanol–water partition coefficient (Wildman–Crippen LogP) is 2.59. The number of rotatable bonds is 6. The summed E-state index contributed by atoms with van der Waals surface area (Å²) in [6, 6.07) is 6.20. The molecule has 1 aromatic rings. The van der Waals surface area contributed by atoms with Crippen molar-refractivity contribution in [2.75, 3.05) is 12.4 Å². The van der Waals surface area contributed by atoms with E-state index < -0.39 is 5.54 Å². The summed E-state index contributed by atoms with van der Waals surface area (Å²) in [6.07, 6.45) is 1.94. The molecule has 0 amide bonds. The smallest absolute Gasteiger partial charge is 0.327 e. The molecule has 1 aliphatic carbocycles. The maximum Gasteiger partial charge on any atom is 0.327 e. The molecule has 0 heterocycles. The lowest BCUT2D eigenvalue weighted by Crippen LogP contribution is -2.53. The van der Waals surface area contributed by atoms with Gasteiger partial charge in [0, 0.05) is 10.6 Å². The summed E-state index contributed by atoms with van der Waals surface area (Å²) >= 11 is 1.47. The Kier molecular flexibility index (Phi) is 4.47. The molecule has 1 fully saturated rings. The van der Waals surface area contributed by atoms with Crippen LogP contribution < -0.4 is 5.73 Å². The zero-order chi connectivity index (χ0) is 13.9. The van der Waals surface area contributed by atoms with Crippen LogP contribution in [0.15, 0.2) is 29.2 Å². The molecule has 3 nitrogen and oxygen atoms in total. The highest BCUT2D eigenvalue weighted by atomic mass is 32.2. The Morgan fingerprint density at radius 1 is 1.47 bits per heavy atom. The van der Waals surface area contributed by atoms with Crippen LogP contribution in [0.25, 0.3) is 0 Å². The fourth-order valence-corrected chi connectivity index (χ4v) is 3.03. The summed E-state index contributed by atoms with van der Waals surface area (Å²) in [4.78, 5) is 12.9. The topological polar surface area (TPSA) is 52.3 Å². The average molecular weight is 283 g/mol. The second kappa shape index (κ2) is 5.92. The van der Waals surface area contributed by atoms with Gasteiger partial charge in [-0.25, -0.2) is 4.39 Å². The Balaban J connectivity index is 2.01. The summed E-state index contributed by atoms with van der Waals surface area (Å²) < 4.78 is 17.9. The van der Waals surface area contributed by atoms with Crippen molar-refractivity contribution >= 4 is 17.7 Å². The minimum Gasteiger partial charge on any atom is -0.465 e. The molecular weight excluding hydrogens is 265 g/mol. The van der Waals surface area contributed by atoms with Crippen molar-refractivity contribution in [3.8, 4) is 0 Å². The number of nitrogens with two attached hydrogens (primary N) is 1. The van der Waals surface area contributed by atoms with Crippen LogP contribution in [0.5, 0.6) is 0 Å². The van der Waals surface area contributed by atoms with E-state index in [0.29, 0.717) is 12.4 Å². The molecule has 1 atom stereocenters. The fraction of sp³-hybridized carbons (Fsp3) is 0.500. The summed E-state index contributed by atoms with van der Waals surface area (Å²) in [5, 5.41) is 0. The molecule has 1 aliphatic rings. The second-order valence-corrected chi connectivity index (χ2v) is 5.83. The van der Waals surface area contributed by atoms with E-state index in [-0.39, 0.29) is 17.7 Å². The molecule has 104 valence electrons. The van der Waals surface area contributed by atoms with E-state index in [9.17, 15) is 9.18 Å². The Bertz CT molecular complexity index is 447. The maximum absolute atomic E-state index is 12.8. The van der Waals surface area contributed by atoms with Crippen molar-refractivity contribution in [3.05, 3.63) is 30.1 Å². The monoisotopic (exact) mass is 283 g/mol. The third kappa shape index (κ3) is 3.48. The lowest BCUT2D eigenvalue weighted by Gasteiger charge is -2.26. The van der Waals surface area contributed by atoms with Gasteiger partial charge in [0.05, 0.1) is 6.61 Å². The average Bonchev–Trinajstić information content (AvgIpc) is 3.22. The largest absolute Gasteiger partial charge is 0.465 e. The number of carbonyl (C=O) groups is 1. The first-order valence-corrected chi connectivity index (χ1v) is 7.39. The molecule has 0 bridgehead atoms. The highest BCUT2D eigenvalue weighted by Crippen LogP contribution is 2.41. The van der Waals surface area contributed by atoms with E-state index >= 15 is 0 Å². The van der Waals surface area contributed by atoms with Crippen LogP contribution >= 0.6 is 11.8 Å². The number of hydrogen-bond donors (Lipinski definition) is 1. The lowest BCUT2D eigenvalue weighted by atomic mass is 9.97. The predicted molar refractivity (Wildman–Crippen MR) is 73.4 cm³/mol. The first-order valence-electron chi connectivity index (χ1n) is 6.40. The molecule has 0 saturated heterocycles. The summed E-state index contributed by atoms with van der Waals surface area (Å²) in [5.41, 5.74) is 5.32. The van der Waals surface area contributed by atoms with Crippen LogP contribution in [0, 0.1) is 11.7 Å². The van der Waals surface area contributed by atoms with E-state index in [1.165, 1.54) is 23.9 Å². The number of hydrogen-bond acceptors (Lipinski definition) is 4. The SMILES string of the molecule is CCOC(=O)C(N)(CSc1ccc(F)cc1)C1CC1. The van der Waals surface area contributed by atoms with Gasteiger partial charge in [-0.1, -0.05) is 0 Å². The first kappa shape index (κ1) is 14.3. The van der Waals surface area contributed by atoms with E-state index in [4.69, 9.17) is 10.5 Å². The summed E-state index contributed by atoms with van der Waals surface area (Å²) in [5.74, 6) is 0.0739. The Hall–Kier alpha value is -1.07. The van der Waals surface area contributed by atoms with Crippen molar-refractivity contribution in [2.24, 2.45) is 11.7 Å². The number of ether oxygens (including phenoxy) is 1. The van der Waals surface area contributed by atoms with Crippen molar-refractivity contribution in [1.29, 1.82) is 0 Å². The summed E-state index contributed by atoms with van der Waals surface area (Å²) in [6.45, 7) is 2.12. The normalized spacial score (nSPS) is 17.8. The van der Waals surface area contributed by atoms with Crippen molar-refractivity contribution in [1.82, 2.24) is 0 Å². The molecule has 0 aromatic heterocycles. The van der Waals surface area contributed by atoms with Crippen LogP contribution in [0.2, 0.25) is 0 Å². The van der Waals surface area contributed by atoms with Crippen LogP contribution in [0.4, 0.5) is 4.39 Å². The standard InChI is InChI=1S/C14H18FNO2S/c1-2-18-13(17)14(16,10-3-4-10)9-19-12-7-5-11(15)6-8-12/h5-8,10H,2-4,9,16H2,1H3. The molecule has 5 heteroatoms. The van der Waals surface area contributed by atoms with Crippen molar-refractivity contribution in [3.63, 3.8) is 0 Å². The molecular formula is C14H18FNO2S. The Morgan fingerprint density at radius 3 is 2.63 bits per heavy atom. The van der Waals surface area contributed by atoms with Gasteiger partial charge in [-0.15, -0.1) is 11.8 Å². The van der Waals surface area contributed by atoms with Crippen LogP contribution in [-0.2, 0) is 9.53 Å². The third-order valence-corrected chi connectivity index (χ3v) is 4.48. The van der Waals surface area contributed by atoms with E-state index in [1.807, 2.05) is 0 Å². The molecule has 1 aromatic carbocycles. The first-order chi connectivity index (χ1) is 9.06. The second-order valence-electron chi connectivity index (χ2n) is 4.78. The molecule has 0 spiro atoms. The molecule has 2 rings (SSSR count). The number of halogens is 1. The number of esters is 1. The maximum atomic E-state index is 12.8. The molecule has 1 saturated carbocycles. The summed E-state index contributed by atoms with van der Waals surface area (Å²) in [7, 11) is 0. The van der Waals surface area contributed by atoms with E-state index in [0.717, 1.165) is 17.7 Å². The minimum atomic E-state index is -0.922. The quantitative estimate of drug-likeness (QED) is 0.644. The van der Waals surface area contributed by atoms with Gasteiger partial charge in [0.2, 0.25) is 0 Å². The van der Waals surface area contributed by atoms with Gasteiger partial charge in [0.25, 0.3) is 0 Å². The number of carbonyl (C=O) groups excluding carboxylic acids is 1. The number of benzene rings is 1. The van der Waals surface area contributed by atoms with Crippen molar-refractivity contribution < 1.29 is 13.9 Å². The van der Waals surface area contributed by atoms with Crippen molar-refractivity contribution in [2.45, 2.75) is 30.2 Å². The highest BCUT2D eigenvalue weighted by Gasteiger charge is 2.49. The fourth-order valence-electron chi connectivity index (χ4n) is 1.94. The zero-order valence-electron chi connectivity index (χ0n) is 10.9. The van der Waals surface area contributed by atoms with Gasteiger partial charge in [0.1, 0.15) is 11.4 Å². The van der Waals surface area contributed by atoms with Gasteiger partial charge in [0.15, 0.2) is 0 Å². The van der Waals surface area contributed by atoms with Gasteiger partial charge in [-0.05, 0) is 49.9 Å². The molecule has 1 unspecified atom stereocenters. The van der Waals surface area contributed by atoms with E-state index in [2.05, 4.69) is 0 Å². The van der Waals surface area contributed by atoms with Crippen LogP contribution in [0.1, 0.15) is 19.8 Å². The van der Waals surface area contributed by atoms with Gasteiger partial charge >= 0.3 is 5.97 Å². The Labute approximate surface area is 116 Å². The van der Waals surface area contributed by atoms with Gasteiger partial charge in [-0.3, -0.25) is 4.79 Å². The lowest BCUT2D eigenvalue weighted by molar-refractivity contribution is -0.149. The van der Waals surface area contributed by atoms with Gasteiger partial charge < -0.3 is 10.5 Å². The minimum absolute atomic E-state index is 0.208. The van der Waals surface area contributed by atoms with E-state index in [1.54, 1.807) is 19.1 Å². The Morgan fingerprint density at radius 2 is 2.11 bits per heavy atom. The molecule has 0 aliphatic heterocycles.